The molecule has 1 amide bonds. The van der Waals surface area contributed by atoms with Crippen LogP contribution >= 0.6 is 11.3 Å². The number of carbonyl (C=O) groups is 1. The Morgan fingerprint density at radius 3 is 2.63 bits per heavy atom. The van der Waals surface area contributed by atoms with Crippen LogP contribution in [0.2, 0.25) is 0 Å². The lowest BCUT2D eigenvalue weighted by Gasteiger charge is -2.25. The number of fused-ring (bicyclic) bond motifs is 1. The number of nitrogens with zero attached hydrogens (tertiary/aromatic N) is 5. The number of rotatable bonds is 4. The fourth-order valence-corrected chi connectivity index (χ4v) is 4.61. The highest BCUT2D eigenvalue weighted by Gasteiger charge is 2.23. The second kappa shape index (κ2) is 7.87. The molecule has 8 heteroatoms. The molecular formula is C22H22N6OS. The van der Waals surface area contributed by atoms with Crippen LogP contribution in [-0.2, 0) is 0 Å². The van der Waals surface area contributed by atoms with Gasteiger partial charge in [-0.15, -0.1) is 5.10 Å². The molecule has 1 aliphatic rings. The lowest BCUT2D eigenvalue weighted by Crippen LogP contribution is -2.29. The Bertz CT molecular complexity index is 1180. The molecule has 0 atom stereocenters. The SMILES string of the molecule is Cc1ccc(-c2nc3sc(N4CCCCC4)nn3c2NC(=O)c2cccnc2)cc1. The van der Waals surface area contributed by atoms with Crippen molar-refractivity contribution in [1.29, 1.82) is 0 Å². The Morgan fingerprint density at radius 2 is 1.90 bits per heavy atom. The molecule has 0 unspecified atom stereocenters. The van der Waals surface area contributed by atoms with E-state index in [4.69, 9.17) is 10.1 Å². The quantitative estimate of drug-likeness (QED) is 0.531. The fourth-order valence-electron chi connectivity index (χ4n) is 3.65. The van der Waals surface area contributed by atoms with Crippen LogP contribution in [0.1, 0.15) is 35.2 Å². The molecule has 1 saturated heterocycles. The van der Waals surface area contributed by atoms with Crippen LogP contribution in [0, 0.1) is 6.92 Å². The Balaban J connectivity index is 1.57. The monoisotopic (exact) mass is 418 g/mol. The Morgan fingerprint density at radius 1 is 1.10 bits per heavy atom. The Kier molecular flexibility index (Phi) is 4.92. The summed E-state index contributed by atoms with van der Waals surface area (Å²) in [4.78, 5) is 24.8. The van der Waals surface area contributed by atoms with Gasteiger partial charge in [-0.3, -0.25) is 9.78 Å². The van der Waals surface area contributed by atoms with E-state index in [0.717, 1.165) is 34.4 Å². The highest BCUT2D eigenvalue weighted by Crippen LogP contribution is 2.34. The number of nitrogens with one attached hydrogen (secondary N) is 1. The number of amides is 1. The van der Waals surface area contributed by atoms with Gasteiger partial charge in [-0.2, -0.15) is 4.52 Å². The standard InChI is InChI=1S/C22H22N6OS/c1-15-7-9-16(10-8-15)18-19(25-20(29)17-6-5-11-23-14-17)28-21(24-18)30-22(26-28)27-12-3-2-4-13-27/h5-11,14H,2-4,12-13H2,1H3,(H,25,29). The van der Waals surface area contributed by atoms with E-state index in [1.165, 1.54) is 24.8 Å². The molecule has 3 aromatic heterocycles. The normalized spacial score (nSPS) is 14.2. The summed E-state index contributed by atoms with van der Waals surface area (Å²) in [6.45, 7) is 4.07. The zero-order chi connectivity index (χ0) is 20.5. The molecule has 1 aromatic carbocycles. The highest BCUT2D eigenvalue weighted by atomic mass is 32.1. The Labute approximate surface area is 178 Å². The summed E-state index contributed by atoms with van der Waals surface area (Å²) in [5.74, 6) is 0.355. The average molecular weight is 419 g/mol. The zero-order valence-corrected chi connectivity index (χ0v) is 17.5. The molecular weight excluding hydrogens is 396 g/mol. The van der Waals surface area contributed by atoms with Crippen molar-refractivity contribution in [1.82, 2.24) is 19.6 Å². The molecule has 0 aliphatic carbocycles. The summed E-state index contributed by atoms with van der Waals surface area (Å²) >= 11 is 1.56. The number of anilines is 2. The van der Waals surface area contributed by atoms with Gasteiger partial charge in [0.05, 0.1) is 5.56 Å². The van der Waals surface area contributed by atoms with E-state index in [1.807, 2.05) is 31.2 Å². The minimum atomic E-state index is -0.231. The lowest BCUT2D eigenvalue weighted by molar-refractivity contribution is 0.102. The average Bonchev–Trinajstić information content (AvgIpc) is 3.35. The number of hydrogen-bond acceptors (Lipinski definition) is 6. The van der Waals surface area contributed by atoms with Crippen molar-refractivity contribution in [2.24, 2.45) is 0 Å². The van der Waals surface area contributed by atoms with Crippen molar-refractivity contribution in [3.05, 3.63) is 59.9 Å². The number of pyridine rings is 1. The fraction of sp³-hybridized carbons (Fsp3) is 0.273. The smallest absolute Gasteiger partial charge is 0.258 e. The molecule has 0 saturated carbocycles. The molecule has 1 aliphatic heterocycles. The van der Waals surface area contributed by atoms with Gasteiger partial charge < -0.3 is 10.2 Å². The van der Waals surface area contributed by atoms with E-state index >= 15 is 0 Å². The molecule has 7 nitrogen and oxygen atoms in total. The van der Waals surface area contributed by atoms with Gasteiger partial charge in [0.1, 0.15) is 5.69 Å². The number of imidazole rings is 1. The summed E-state index contributed by atoms with van der Waals surface area (Å²) in [5.41, 5.74) is 3.33. The first-order valence-electron chi connectivity index (χ1n) is 10.1. The molecule has 5 rings (SSSR count). The summed E-state index contributed by atoms with van der Waals surface area (Å²) in [6.07, 6.45) is 6.83. The number of piperidine rings is 1. The van der Waals surface area contributed by atoms with Crippen molar-refractivity contribution in [3.8, 4) is 11.3 Å². The second-order valence-corrected chi connectivity index (χ2v) is 8.43. The van der Waals surface area contributed by atoms with Crippen LogP contribution in [-0.4, -0.2) is 38.6 Å². The Hall–Kier alpha value is -3.26. The maximum absolute atomic E-state index is 12.9. The molecule has 152 valence electrons. The van der Waals surface area contributed by atoms with E-state index in [0.29, 0.717) is 11.4 Å². The minimum Gasteiger partial charge on any atom is -0.347 e. The van der Waals surface area contributed by atoms with Gasteiger partial charge in [-0.25, -0.2) is 4.98 Å². The first-order valence-corrected chi connectivity index (χ1v) is 10.9. The molecule has 1 N–H and O–H groups in total. The van der Waals surface area contributed by atoms with Crippen LogP contribution in [0.25, 0.3) is 16.2 Å². The van der Waals surface area contributed by atoms with E-state index in [9.17, 15) is 4.79 Å². The van der Waals surface area contributed by atoms with Crippen LogP contribution in [0.4, 0.5) is 10.9 Å². The maximum Gasteiger partial charge on any atom is 0.258 e. The lowest BCUT2D eigenvalue weighted by atomic mass is 10.1. The van der Waals surface area contributed by atoms with Crippen LogP contribution in [0.5, 0.6) is 0 Å². The number of aryl methyl sites for hydroxylation is 1. The van der Waals surface area contributed by atoms with E-state index < -0.39 is 0 Å². The van der Waals surface area contributed by atoms with Gasteiger partial charge in [0.15, 0.2) is 5.82 Å². The minimum absolute atomic E-state index is 0.231. The van der Waals surface area contributed by atoms with Crippen molar-refractivity contribution < 1.29 is 4.79 Å². The topological polar surface area (TPSA) is 75.4 Å². The van der Waals surface area contributed by atoms with Crippen molar-refractivity contribution in [3.63, 3.8) is 0 Å². The molecule has 4 heterocycles. The zero-order valence-electron chi connectivity index (χ0n) is 16.7. The molecule has 1 fully saturated rings. The van der Waals surface area contributed by atoms with Crippen molar-refractivity contribution in [2.75, 3.05) is 23.3 Å². The predicted molar refractivity (Wildman–Crippen MR) is 119 cm³/mol. The van der Waals surface area contributed by atoms with E-state index in [-0.39, 0.29) is 5.91 Å². The van der Waals surface area contributed by atoms with Gasteiger partial charge in [0, 0.05) is 31.0 Å². The first kappa shape index (κ1) is 18.7. The molecule has 0 spiro atoms. The number of aromatic nitrogens is 4. The predicted octanol–water partition coefficient (Wildman–Crippen LogP) is 4.40. The molecule has 0 radical (unpaired) electrons. The van der Waals surface area contributed by atoms with Gasteiger partial charge >= 0.3 is 0 Å². The van der Waals surface area contributed by atoms with Crippen LogP contribution in [0.15, 0.2) is 48.8 Å². The number of carbonyl (C=O) groups excluding carboxylic acids is 1. The van der Waals surface area contributed by atoms with Crippen LogP contribution in [0.3, 0.4) is 0 Å². The number of benzene rings is 1. The molecule has 0 bridgehead atoms. The summed E-state index contributed by atoms with van der Waals surface area (Å²) < 4.78 is 1.76. The van der Waals surface area contributed by atoms with E-state index in [1.54, 1.807) is 40.4 Å². The van der Waals surface area contributed by atoms with Crippen LogP contribution < -0.4 is 10.2 Å². The van der Waals surface area contributed by atoms with Crippen molar-refractivity contribution in [2.45, 2.75) is 26.2 Å². The summed E-state index contributed by atoms with van der Waals surface area (Å²) in [5, 5.41) is 8.79. The van der Waals surface area contributed by atoms with E-state index in [2.05, 4.69) is 15.2 Å². The van der Waals surface area contributed by atoms with Gasteiger partial charge in [0.2, 0.25) is 10.1 Å². The third-order valence-corrected chi connectivity index (χ3v) is 6.27. The first-order chi connectivity index (χ1) is 14.7. The molecule has 4 aromatic rings. The largest absolute Gasteiger partial charge is 0.347 e. The summed E-state index contributed by atoms with van der Waals surface area (Å²) in [7, 11) is 0. The van der Waals surface area contributed by atoms with Gasteiger partial charge in [0.25, 0.3) is 5.91 Å². The van der Waals surface area contributed by atoms with Gasteiger partial charge in [-0.1, -0.05) is 41.2 Å². The molecule has 30 heavy (non-hydrogen) atoms. The maximum atomic E-state index is 12.9. The second-order valence-electron chi connectivity index (χ2n) is 7.50. The van der Waals surface area contributed by atoms with Crippen molar-refractivity contribution >= 4 is 33.2 Å². The third-order valence-electron chi connectivity index (χ3n) is 5.30. The summed E-state index contributed by atoms with van der Waals surface area (Å²) in [6, 6.07) is 11.6. The van der Waals surface area contributed by atoms with Gasteiger partial charge in [-0.05, 0) is 38.3 Å². The number of hydrogen-bond donors (Lipinski definition) is 1. The third kappa shape index (κ3) is 3.54. The highest BCUT2D eigenvalue weighted by molar-refractivity contribution is 7.20.